The number of hydrogen-bond donors (Lipinski definition) is 10. The Hall–Kier alpha value is -5.10. The van der Waals surface area contributed by atoms with Crippen molar-refractivity contribution in [2.45, 2.75) is 18.8 Å². The number of nitrogens with zero attached hydrogens (tertiary/aromatic N) is 2. The summed E-state index contributed by atoms with van der Waals surface area (Å²) in [6.45, 7) is 3.88. The molecule has 0 fully saturated rings. The Morgan fingerprint density at radius 2 is 1.24 bits per heavy atom. The minimum atomic E-state index is -0.238. The minimum absolute atomic E-state index is 0.0915. The van der Waals surface area contributed by atoms with E-state index >= 15 is 0 Å². The number of anilines is 6. The monoisotopic (exact) mass is 804 g/mol. The second-order valence-electron chi connectivity index (χ2n) is 10.5. The zero-order chi connectivity index (χ0) is 35.9. The number of carbonyl (C=O) groups is 2. The van der Waals surface area contributed by atoms with Gasteiger partial charge in [0, 0.05) is 67.2 Å². The minimum Gasteiger partial charge on any atom is -0.360 e. The highest BCUT2D eigenvalue weighted by atomic mass is 79.9. The first kappa shape index (κ1) is 37.7. The van der Waals surface area contributed by atoms with Crippen molar-refractivity contribution in [1.82, 2.24) is 5.43 Å². The molecule has 2 atom stereocenters. The Balaban J connectivity index is 0.000000215. The van der Waals surface area contributed by atoms with Gasteiger partial charge in [0.25, 0.3) is 0 Å². The molecular formula is C34H38Br2N12O2. The van der Waals surface area contributed by atoms with Crippen LogP contribution in [-0.2, 0) is 9.59 Å². The van der Waals surface area contributed by atoms with E-state index in [-0.39, 0.29) is 24.1 Å². The summed E-state index contributed by atoms with van der Waals surface area (Å²) < 4.78 is 2.00. The molecule has 0 aliphatic carbocycles. The first-order valence-electron chi connectivity index (χ1n) is 15.2. The second kappa shape index (κ2) is 19.2. The highest BCUT2D eigenvalue weighted by Gasteiger charge is 2.19. The van der Waals surface area contributed by atoms with Crippen molar-refractivity contribution in [3.8, 4) is 0 Å². The smallest absolute Gasteiger partial charge is 0.247 e. The van der Waals surface area contributed by atoms with E-state index in [0.29, 0.717) is 18.7 Å². The van der Waals surface area contributed by atoms with Crippen LogP contribution < -0.4 is 54.9 Å². The number of fused-ring (bicyclic) bond motifs is 2. The van der Waals surface area contributed by atoms with Crippen molar-refractivity contribution in [2.24, 2.45) is 27.5 Å². The molecule has 2 aliphatic rings. The maximum Gasteiger partial charge on any atom is 0.247 e. The van der Waals surface area contributed by atoms with E-state index in [1.54, 1.807) is 12.7 Å². The number of hydrazine groups is 2. The Labute approximate surface area is 306 Å². The Kier molecular flexibility index (Phi) is 14.5. The van der Waals surface area contributed by atoms with Crippen LogP contribution in [0.15, 0.2) is 117 Å². The molecule has 13 N–H and O–H groups in total. The number of aliphatic imine (C=N–C) groups is 2. The van der Waals surface area contributed by atoms with Crippen LogP contribution in [0.4, 0.5) is 34.1 Å². The molecule has 50 heavy (non-hydrogen) atoms. The molecule has 260 valence electrons. The van der Waals surface area contributed by atoms with Crippen LogP contribution >= 0.6 is 31.9 Å². The molecule has 2 aliphatic heterocycles. The highest BCUT2D eigenvalue weighted by molar-refractivity contribution is 9.10. The summed E-state index contributed by atoms with van der Waals surface area (Å²) in [6.07, 6.45) is 4.47. The molecule has 0 saturated heterocycles. The molecule has 4 aromatic rings. The number of carbonyl (C=O) groups excluding carboxylic acids is 2. The van der Waals surface area contributed by atoms with Crippen LogP contribution in [0.3, 0.4) is 0 Å². The molecule has 16 heteroatoms. The van der Waals surface area contributed by atoms with Crippen molar-refractivity contribution >= 4 is 90.5 Å². The number of amides is 2. The van der Waals surface area contributed by atoms with E-state index < -0.39 is 0 Å². The number of rotatable bonds is 10. The lowest BCUT2D eigenvalue weighted by Gasteiger charge is -2.23. The predicted octanol–water partition coefficient (Wildman–Crippen LogP) is 5.76. The average molecular weight is 807 g/mol. The van der Waals surface area contributed by atoms with Crippen molar-refractivity contribution in [2.75, 3.05) is 38.4 Å². The van der Waals surface area contributed by atoms with E-state index in [9.17, 15) is 9.59 Å². The number of benzene rings is 4. The van der Waals surface area contributed by atoms with Crippen LogP contribution in [-0.4, -0.2) is 31.0 Å². The molecule has 0 saturated carbocycles. The number of hydrogen-bond acceptors (Lipinski definition) is 12. The zero-order valence-electron chi connectivity index (χ0n) is 26.8. The van der Waals surface area contributed by atoms with Crippen molar-refractivity contribution in [1.29, 1.82) is 0 Å². The van der Waals surface area contributed by atoms with Crippen LogP contribution in [0.2, 0.25) is 0 Å². The molecule has 2 heterocycles. The summed E-state index contributed by atoms with van der Waals surface area (Å²) in [6, 6.07) is 27.2. The van der Waals surface area contributed by atoms with Crippen LogP contribution in [0.1, 0.15) is 29.9 Å². The Morgan fingerprint density at radius 1 is 0.740 bits per heavy atom. The van der Waals surface area contributed by atoms with E-state index in [1.807, 2.05) is 84.9 Å². The van der Waals surface area contributed by atoms with Gasteiger partial charge in [0.15, 0.2) is 0 Å². The second-order valence-corrected chi connectivity index (χ2v) is 12.3. The van der Waals surface area contributed by atoms with Crippen molar-refractivity contribution in [3.05, 3.63) is 118 Å². The fourth-order valence-electron chi connectivity index (χ4n) is 4.82. The Bertz CT molecular complexity index is 1850. The summed E-state index contributed by atoms with van der Waals surface area (Å²) in [5.41, 5.74) is 9.64. The third kappa shape index (κ3) is 11.0. The lowest BCUT2D eigenvalue weighted by atomic mass is 10.1. The van der Waals surface area contributed by atoms with Gasteiger partial charge in [-0.05, 0) is 66.7 Å². The van der Waals surface area contributed by atoms with E-state index in [0.717, 1.165) is 48.5 Å². The molecule has 0 radical (unpaired) electrons. The normalized spacial score (nSPS) is 14.7. The lowest BCUT2D eigenvalue weighted by molar-refractivity contribution is -0.116. The lowest BCUT2D eigenvalue weighted by Crippen LogP contribution is -2.27. The third-order valence-electron chi connectivity index (χ3n) is 7.07. The molecular weight excluding hydrogens is 768 g/mol. The number of halogens is 2. The molecule has 2 amide bonds. The quantitative estimate of drug-likeness (QED) is 0.0530. The summed E-state index contributed by atoms with van der Waals surface area (Å²) in [5, 5.41) is 18.6. The summed E-state index contributed by atoms with van der Waals surface area (Å²) in [5.74, 6) is 12.9. The Morgan fingerprint density at radius 3 is 1.70 bits per heavy atom. The van der Waals surface area contributed by atoms with Gasteiger partial charge in [-0.3, -0.25) is 32.5 Å². The van der Waals surface area contributed by atoms with Crippen molar-refractivity contribution < 1.29 is 9.59 Å². The van der Waals surface area contributed by atoms with Crippen LogP contribution in [0.5, 0.6) is 0 Å². The molecule has 4 aromatic carbocycles. The molecule has 14 nitrogen and oxygen atoms in total. The first-order chi connectivity index (χ1) is 24.3. The standard InChI is InChI=1S/C17H19BrN6O.C17H15BrN4O.H4N2/c18-11-2-1-3-12(8-11)24-17-14-5-4-13(9-15(14)20-10-21-17)23-16(25)6-7-22-19;1-2-16(23)21-13-6-7-14-15(9-13)19-10-20-17(14)22-12-5-3-4-11(18)8-12;1-2/h1-5,8-10,17,22,24H,6-7,19H2,(H,20,21)(H,23,25);2-10,17,22H,1H2,(H,19,20)(H,21,23);1-2H2. The molecule has 0 bridgehead atoms. The van der Waals surface area contributed by atoms with Crippen LogP contribution in [0, 0.1) is 0 Å². The molecule has 0 aromatic heterocycles. The van der Waals surface area contributed by atoms with Gasteiger partial charge in [-0.15, -0.1) is 0 Å². The average Bonchev–Trinajstić information content (AvgIpc) is 3.12. The van der Waals surface area contributed by atoms with Crippen LogP contribution in [0.25, 0.3) is 0 Å². The SMILES string of the molecule is C=CC(=O)Nc1ccc2c(c1)NC=NC2Nc1cccc(Br)c1.NN.NNCCC(=O)Nc1ccc2c(c1)NC=NC2Nc1cccc(Br)c1. The van der Waals surface area contributed by atoms with Gasteiger partial charge in [-0.1, -0.05) is 62.7 Å². The largest absolute Gasteiger partial charge is 0.360 e. The molecule has 6 rings (SSSR count). The maximum absolute atomic E-state index is 11.8. The summed E-state index contributed by atoms with van der Waals surface area (Å²) >= 11 is 6.92. The maximum atomic E-state index is 11.8. The fraction of sp³-hybridized carbons (Fsp3) is 0.118. The number of nitrogens with two attached hydrogens (primary N) is 3. The van der Waals surface area contributed by atoms with E-state index in [1.165, 1.54) is 6.08 Å². The van der Waals surface area contributed by atoms with E-state index in [4.69, 9.17) is 5.84 Å². The van der Waals surface area contributed by atoms with Gasteiger partial charge in [0.2, 0.25) is 11.8 Å². The first-order valence-corrected chi connectivity index (χ1v) is 16.8. The number of nitrogens with one attached hydrogen (secondary N) is 7. The van der Waals surface area contributed by atoms with E-state index in [2.05, 4.69) is 97.4 Å². The fourth-order valence-corrected chi connectivity index (χ4v) is 5.62. The summed E-state index contributed by atoms with van der Waals surface area (Å²) in [7, 11) is 0. The van der Waals surface area contributed by atoms with Gasteiger partial charge in [0.05, 0.1) is 12.7 Å². The topological polar surface area (TPSA) is 221 Å². The molecule has 2 unspecified atom stereocenters. The predicted molar refractivity (Wildman–Crippen MR) is 211 cm³/mol. The van der Waals surface area contributed by atoms with Gasteiger partial charge >= 0.3 is 0 Å². The van der Waals surface area contributed by atoms with Gasteiger partial charge in [-0.25, -0.2) is 9.98 Å². The summed E-state index contributed by atoms with van der Waals surface area (Å²) in [4.78, 5) is 32.1. The highest BCUT2D eigenvalue weighted by Crippen LogP contribution is 2.34. The third-order valence-corrected chi connectivity index (χ3v) is 8.06. The van der Waals surface area contributed by atoms with Gasteiger partial charge < -0.3 is 31.9 Å². The van der Waals surface area contributed by atoms with Gasteiger partial charge in [0.1, 0.15) is 12.3 Å². The van der Waals surface area contributed by atoms with Crippen molar-refractivity contribution in [3.63, 3.8) is 0 Å². The zero-order valence-corrected chi connectivity index (χ0v) is 30.0. The van der Waals surface area contributed by atoms with Gasteiger partial charge in [-0.2, -0.15) is 0 Å². The molecule has 0 spiro atoms.